The van der Waals surface area contributed by atoms with Gasteiger partial charge in [-0.05, 0) is 65.5 Å². The van der Waals surface area contributed by atoms with Gasteiger partial charge < -0.3 is 14.3 Å². The number of hydrogen-bond acceptors (Lipinski definition) is 4. The van der Waals surface area contributed by atoms with Gasteiger partial charge >= 0.3 is 5.63 Å². The molecule has 0 saturated carbocycles. The van der Waals surface area contributed by atoms with E-state index in [1.807, 2.05) is 6.92 Å². The molecule has 0 spiro atoms. The van der Waals surface area contributed by atoms with Crippen LogP contribution < -0.4 is 10.4 Å². The first-order chi connectivity index (χ1) is 13.2. The second-order valence-electron chi connectivity index (χ2n) is 8.36. The van der Waals surface area contributed by atoms with Gasteiger partial charge in [-0.2, -0.15) is 0 Å². The molecule has 0 fully saturated rings. The predicted octanol–water partition coefficient (Wildman–Crippen LogP) is 6.23. The highest BCUT2D eigenvalue weighted by atomic mass is 16.5. The number of fused-ring (bicyclic) bond motifs is 3. The monoisotopic (exact) mass is 382 g/mol. The van der Waals surface area contributed by atoms with Crippen LogP contribution in [-0.4, -0.2) is 10.7 Å². The lowest BCUT2D eigenvalue weighted by Gasteiger charge is -2.28. The average Bonchev–Trinajstić information content (AvgIpc) is 2.86. The highest BCUT2D eigenvalue weighted by molar-refractivity contribution is 5.86. The van der Waals surface area contributed by atoms with Gasteiger partial charge in [-0.15, -0.1) is 0 Å². The average molecular weight is 383 g/mol. The van der Waals surface area contributed by atoms with E-state index in [0.29, 0.717) is 16.9 Å². The lowest BCUT2D eigenvalue weighted by atomic mass is 9.84. The highest BCUT2D eigenvalue weighted by Crippen LogP contribution is 2.48. The van der Waals surface area contributed by atoms with E-state index in [9.17, 15) is 9.90 Å². The third-order valence-corrected chi connectivity index (χ3v) is 5.79. The van der Waals surface area contributed by atoms with Crippen LogP contribution in [0.4, 0.5) is 0 Å². The van der Waals surface area contributed by atoms with Crippen LogP contribution in [0, 0.1) is 0 Å². The topological polar surface area (TPSA) is 59.7 Å². The van der Waals surface area contributed by atoms with Crippen LogP contribution in [0.5, 0.6) is 11.5 Å². The minimum absolute atomic E-state index is 0.0590. The number of aromatic hydroxyl groups is 1. The number of rotatable bonds is 6. The Hall–Kier alpha value is -2.49. The zero-order valence-electron chi connectivity index (χ0n) is 17.5. The van der Waals surface area contributed by atoms with Crippen molar-refractivity contribution in [1.29, 1.82) is 0 Å². The molecule has 150 valence electrons. The molecule has 0 saturated heterocycles. The zero-order chi connectivity index (χ0) is 20.5. The van der Waals surface area contributed by atoms with Crippen molar-refractivity contribution in [2.75, 3.05) is 0 Å². The Labute approximate surface area is 166 Å². The van der Waals surface area contributed by atoms with E-state index in [0.717, 1.165) is 31.1 Å². The molecular formula is C24H30O4. The fraction of sp³-hybridized carbons (Fsp3) is 0.458. The van der Waals surface area contributed by atoms with Crippen LogP contribution in [0.25, 0.3) is 11.0 Å². The summed E-state index contributed by atoms with van der Waals surface area (Å²) in [4.78, 5) is 12.5. The summed E-state index contributed by atoms with van der Waals surface area (Å²) in [7, 11) is 0. The Morgan fingerprint density at radius 1 is 1.21 bits per heavy atom. The number of phenols is 1. The Morgan fingerprint density at radius 3 is 2.68 bits per heavy atom. The van der Waals surface area contributed by atoms with E-state index < -0.39 is 5.60 Å². The van der Waals surface area contributed by atoms with E-state index in [1.165, 1.54) is 17.2 Å². The molecule has 1 aliphatic heterocycles. The van der Waals surface area contributed by atoms with E-state index in [4.69, 9.17) is 9.15 Å². The van der Waals surface area contributed by atoms with E-state index in [2.05, 4.69) is 39.8 Å². The van der Waals surface area contributed by atoms with Gasteiger partial charge in [0.2, 0.25) is 0 Å². The second-order valence-corrected chi connectivity index (χ2v) is 8.36. The summed E-state index contributed by atoms with van der Waals surface area (Å²) in [6.45, 7) is 10.5. The molecule has 3 rings (SSSR count). The van der Waals surface area contributed by atoms with Crippen LogP contribution in [0.2, 0.25) is 0 Å². The molecule has 0 unspecified atom stereocenters. The van der Waals surface area contributed by atoms with Crippen molar-refractivity contribution in [1.82, 2.24) is 0 Å². The van der Waals surface area contributed by atoms with Crippen LogP contribution in [0.1, 0.15) is 71.8 Å². The molecule has 1 N–H and O–H groups in total. The Morgan fingerprint density at radius 2 is 1.96 bits per heavy atom. The Balaban J connectivity index is 1.78. The van der Waals surface area contributed by atoms with Crippen molar-refractivity contribution in [3.63, 3.8) is 0 Å². The standard InChI is InChI=1S/C24H30O4/c1-15(2)8-6-9-16(3)10-7-13-24(5)17(4)21-22(28-24)19-12-11-18(25)14-20(19)27-23(21)26/h8,10-12,14,17,25H,6-7,9,13H2,1-5H3/b16-10+/t17-,24-/m0/s1. The third-order valence-electron chi connectivity index (χ3n) is 5.79. The maximum absolute atomic E-state index is 12.5. The summed E-state index contributed by atoms with van der Waals surface area (Å²) >= 11 is 0. The molecule has 0 bridgehead atoms. The lowest BCUT2D eigenvalue weighted by Crippen LogP contribution is -2.33. The minimum Gasteiger partial charge on any atom is -0.508 e. The maximum Gasteiger partial charge on any atom is 0.343 e. The Kier molecular flexibility index (Phi) is 5.69. The van der Waals surface area contributed by atoms with Gasteiger partial charge in [0, 0.05) is 12.0 Å². The quantitative estimate of drug-likeness (QED) is 0.475. The summed E-state index contributed by atoms with van der Waals surface area (Å²) in [6.07, 6.45) is 8.40. The van der Waals surface area contributed by atoms with E-state index in [1.54, 1.807) is 12.1 Å². The van der Waals surface area contributed by atoms with E-state index >= 15 is 0 Å². The summed E-state index contributed by atoms with van der Waals surface area (Å²) in [6, 6.07) is 4.79. The summed E-state index contributed by atoms with van der Waals surface area (Å²) in [5.41, 5.74) is 2.85. The molecule has 0 aliphatic carbocycles. The molecule has 2 atom stereocenters. The number of phenolic OH excluding ortho intramolecular Hbond substituents is 1. The molecule has 28 heavy (non-hydrogen) atoms. The molecule has 4 heteroatoms. The van der Waals surface area contributed by atoms with Gasteiger partial charge in [0.1, 0.15) is 22.7 Å². The summed E-state index contributed by atoms with van der Waals surface area (Å²) in [5.74, 6) is 0.611. The van der Waals surface area contributed by atoms with Crippen molar-refractivity contribution < 1.29 is 14.3 Å². The first-order valence-corrected chi connectivity index (χ1v) is 9.99. The molecule has 0 radical (unpaired) electrons. The Bertz CT molecular complexity index is 992. The fourth-order valence-electron chi connectivity index (χ4n) is 3.85. The van der Waals surface area contributed by atoms with Crippen molar-refractivity contribution in [2.24, 2.45) is 0 Å². The summed E-state index contributed by atoms with van der Waals surface area (Å²) < 4.78 is 11.8. The zero-order valence-corrected chi connectivity index (χ0v) is 17.5. The number of ether oxygens (including phenoxy) is 1. The van der Waals surface area contributed by atoms with Gasteiger partial charge in [-0.3, -0.25) is 0 Å². The number of benzene rings is 1. The minimum atomic E-state index is -0.458. The molecule has 1 aromatic carbocycles. The highest BCUT2D eigenvalue weighted by Gasteiger charge is 2.44. The van der Waals surface area contributed by atoms with Crippen LogP contribution in [-0.2, 0) is 0 Å². The molecule has 0 amide bonds. The number of hydrogen-bond donors (Lipinski definition) is 1. The van der Waals surface area contributed by atoms with Crippen LogP contribution in [0.3, 0.4) is 0 Å². The first-order valence-electron chi connectivity index (χ1n) is 9.99. The SMILES string of the molecule is CC(C)=CCC/C(C)=C/CC[C@]1(C)Oc2c(c(=O)oc3cc(O)ccc23)[C@@H]1C. The summed E-state index contributed by atoms with van der Waals surface area (Å²) in [5, 5.41) is 10.4. The van der Waals surface area contributed by atoms with Gasteiger partial charge in [0.15, 0.2) is 0 Å². The lowest BCUT2D eigenvalue weighted by molar-refractivity contribution is 0.0862. The molecule has 4 nitrogen and oxygen atoms in total. The van der Waals surface area contributed by atoms with Gasteiger partial charge in [0.05, 0.1) is 10.9 Å². The molecule has 2 aromatic rings. The number of allylic oxidation sites excluding steroid dienone is 4. The largest absolute Gasteiger partial charge is 0.508 e. The van der Waals surface area contributed by atoms with Crippen LogP contribution in [0.15, 0.2) is 50.7 Å². The second kappa shape index (κ2) is 7.86. The first kappa shape index (κ1) is 20.2. The van der Waals surface area contributed by atoms with Crippen molar-refractivity contribution in [2.45, 2.75) is 71.8 Å². The normalized spacial score (nSPS) is 21.5. The predicted molar refractivity (Wildman–Crippen MR) is 113 cm³/mol. The molecule has 2 heterocycles. The van der Waals surface area contributed by atoms with Gasteiger partial charge in [-0.1, -0.05) is 30.2 Å². The van der Waals surface area contributed by atoms with Gasteiger partial charge in [0.25, 0.3) is 0 Å². The molecule has 1 aromatic heterocycles. The van der Waals surface area contributed by atoms with Crippen molar-refractivity contribution >= 4 is 11.0 Å². The van der Waals surface area contributed by atoms with E-state index in [-0.39, 0.29) is 17.3 Å². The van der Waals surface area contributed by atoms with Gasteiger partial charge in [-0.25, -0.2) is 4.79 Å². The van der Waals surface area contributed by atoms with Crippen LogP contribution >= 0.6 is 0 Å². The van der Waals surface area contributed by atoms with Crippen molar-refractivity contribution in [3.05, 3.63) is 57.5 Å². The van der Waals surface area contributed by atoms with Crippen molar-refractivity contribution in [3.8, 4) is 11.5 Å². The fourth-order valence-corrected chi connectivity index (χ4v) is 3.85. The smallest absolute Gasteiger partial charge is 0.343 e. The molecular weight excluding hydrogens is 352 g/mol. The third kappa shape index (κ3) is 4.01. The maximum atomic E-state index is 12.5. The molecule has 1 aliphatic rings.